The summed E-state index contributed by atoms with van der Waals surface area (Å²) in [5, 5.41) is 4.99. The quantitative estimate of drug-likeness (QED) is 0.446. The van der Waals surface area contributed by atoms with E-state index in [0.717, 1.165) is 27.3 Å². The molecule has 3 aromatic rings. The van der Waals surface area contributed by atoms with Crippen molar-refractivity contribution in [2.24, 2.45) is 0 Å². The summed E-state index contributed by atoms with van der Waals surface area (Å²) in [5.41, 5.74) is 3.80. The van der Waals surface area contributed by atoms with Crippen LogP contribution in [-0.4, -0.2) is 41.1 Å². The minimum Gasteiger partial charge on any atom is -0.454 e. The van der Waals surface area contributed by atoms with Gasteiger partial charge >= 0.3 is 6.03 Å². The zero-order valence-corrected chi connectivity index (χ0v) is 21.4. The van der Waals surface area contributed by atoms with E-state index in [2.05, 4.69) is 11.4 Å². The Balaban J connectivity index is 1.53. The van der Waals surface area contributed by atoms with Crippen LogP contribution in [0.25, 0.3) is 0 Å². The van der Waals surface area contributed by atoms with E-state index < -0.39 is 0 Å². The number of carbonyl (C=O) groups excluding carboxylic acids is 2. The Kier molecular flexibility index (Phi) is 7.60. The van der Waals surface area contributed by atoms with E-state index in [0.29, 0.717) is 24.6 Å². The molecule has 1 aliphatic rings. The van der Waals surface area contributed by atoms with Crippen molar-refractivity contribution >= 4 is 29.0 Å². The number of nitrogens with zero attached hydrogens (tertiary/aromatic N) is 2. The number of nitrogens with one attached hydrogen (secondary N) is 1. The van der Waals surface area contributed by atoms with Crippen molar-refractivity contribution in [3.63, 3.8) is 0 Å². The van der Waals surface area contributed by atoms with Crippen LogP contribution in [0.15, 0.2) is 53.9 Å². The number of hydrogen-bond acceptors (Lipinski definition) is 5. The minimum absolute atomic E-state index is 0.0235. The zero-order valence-electron chi connectivity index (χ0n) is 20.5. The van der Waals surface area contributed by atoms with Crippen LogP contribution < -0.4 is 14.8 Å². The fourth-order valence-electron chi connectivity index (χ4n) is 3.87. The molecule has 0 aliphatic carbocycles. The van der Waals surface area contributed by atoms with E-state index in [-0.39, 0.29) is 31.3 Å². The molecular weight excluding hydrogens is 462 g/mol. The molecule has 4 rings (SSSR count). The summed E-state index contributed by atoms with van der Waals surface area (Å²) in [6.45, 7) is 8.87. The number of benzene rings is 2. The van der Waals surface area contributed by atoms with E-state index in [1.807, 2.05) is 75.5 Å². The van der Waals surface area contributed by atoms with Gasteiger partial charge in [0.05, 0.1) is 6.54 Å². The highest BCUT2D eigenvalue weighted by molar-refractivity contribution is 7.10. The average Bonchev–Trinajstić information content (AvgIpc) is 3.46. The third-order valence-electron chi connectivity index (χ3n) is 6.04. The Morgan fingerprint density at radius 2 is 1.77 bits per heavy atom. The van der Waals surface area contributed by atoms with E-state index >= 15 is 0 Å². The number of carbonyl (C=O) groups is 2. The average molecular weight is 494 g/mol. The summed E-state index contributed by atoms with van der Waals surface area (Å²) in [4.78, 5) is 31.2. The molecule has 2 heterocycles. The van der Waals surface area contributed by atoms with Crippen LogP contribution >= 0.6 is 11.3 Å². The van der Waals surface area contributed by atoms with Gasteiger partial charge in [-0.05, 0) is 74.0 Å². The van der Waals surface area contributed by atoms with Gasteiger partial charge in [-0.3, -0.25) is 4.79 Å². The fraction of sp³-hybridized carbons (Fsp3) is 0.333. The number of amides is 3. The maximum atomic E-state index is 13.6. The van der Waals surface area contributed by atoms with Gasteiger partial charge in [0.15, 0.2) is 11.5 Å². The number of hydrogen-bond donors (Lipinski definition) is 1. The molecule has 0 unspecified atom stereocenters. The lowest BCUT2D eigenvalue weighted by Gasteiger charge is -2.30. The third-order valence-corrected chi connectivity index (χ3v) is 7.05. The predicted molar refractivity (Wildman–Crippen MR) is 138 cm³/mol. The summed E-state index contributed by atoms with van der Waals surface area (Å²) in [7, 11) is 0. The smallest absolute Gasteiger partial charge is 0.322 e. The van der Waals surface area contributed by atoms with Crippen LogP contribution in [0.3, 0.4) is 0 Å². The highest BCUT2D eigenvalue weighted by Gasteiger charge is 2.25. The van der Waals surface area contributed by atoms with Crippen molar-refractivity contribution in [3.05, 3.63) is 75.5 Å². The summed E-state index contributed by atoms with van der Waals surface area (Å²) in [6, 6.07) is 14.9. The van der Waals surface area contributed by atoms with Crippen molar-refractivity contribution in [1.82, 2.24) is 9.80 Å². The second-order valence-electron chi connectivity index (χ2n) is 8.93. The maximum Gasteiger partial charge on any atom is 0.322 e. The number of anilines is 1. The molecule has 8 heteroatoms. The summed E-state index contributed by atoms with van der Waals surface area (Å²) < 4.78 is 10.9. The lowest BCUT2D eigenvalue weighted by molar-refractivity contribution is -0.133. The van der Waals surface area contributed by atoms with Gasteiger partial charge < -0.3 is 24.6 Å². The summed E-state index contributed by atoms with van der Waals surface area (Å²) in [6.07, 6.45) is 0. The largest absolute Gasteiger partial charge is 0.454 e. The maximum absolute atomic E-state index is 13.6. The molecule has 35 heavy (non-hydrogen) atoms. The Bertz CT molecular complexity index is 1210. The first-order valence-corrected chi connectivity index (χ1v) is 12.5. The molecule has 7 nitrogen and oxygen atoms in total. The standard InChI is InChI=1S/C27H31N3O4S/c1-18(2)30(27(32)28-22-8-6-5-7-19(22)3)16-26(31)29(15-25-20(4)11-12-35-25)14-21-9-10-23-24(13-21)34-17-33-23/h5-13,18H,14-17H2,1-4H3,(H,28,32). The second kappa shape index (κ2) is 10.8. The summed E-state index contributed by atoms with van der Waals surface area (Å²) in [5.74, 6) is 1.27. The number of ether oxygens (including phenoxy) is 2. The van der Waals surface area contributed by atoms with Gasteiger partial charge in [0.2, 0.25) is 12.7 Å². The molecular formula is C27H31N3O4S. The number of aryl methyl sites for hydroxylation is 2. The number of thiophene rings is 1. The highest BCUT2D eigenvalue weighted by Crippen LogP contribution is 2.33. The number of urea groups is 1. The molecule has 0 fully saturated rings. The van der Waals surface area contributed by atoms with Crippen LogP contribution in [0.5, 0.6) is 11.5 Å². The van der Waals surface area contributed by atoms with Crippen LogP contribution in [0.1, 0.15) is 35.4 Å². The Morgan fingerprint density at radius 3 is 2.49 bits per heavy atom. The molecule has 184 valence electrons. The number of rotatable bonds is 8. The van der Waals surface area contributed by atoms with E-state index in [9.17, 15) is 9.59 Å². The molecule has 0 spiro atoms. The van der Waals surface area contributed by atoms with Gasteiger partial charge in [-0.25, -0.2) is 4.79 Å². The molecule has 1 N–H and O–H groups in total. The van der Waals surface area contributed by atoms with E-state index in [1.54, 1.807) is 21.1 Å². The number of fused-ring (bicyclic) bond motifs is 1. The zero-order chi connectivity index (χ0) is 24.9. The molecule has 1 aromatic heterocycles. The molecule has 2 aromatic carbocycles. The first-order chi connectivity index (χ1) is 16.8. The van der Waals surface area contributed by atoms with Gasteiger partial charge in [-0.2, -0.15) is 0 Å². The van der Waals surface area contributed by atoms with Crippen molar-refractivity contribution in [2.45, 2.75) is 46.8 Å². The van der Waals surface area contributed by atoms with Crippen molar-refractivity contribution in [1.29, 1.82) is 0 Å². The lowest BCUT2D eigenvalue weighted by atomic mass is 10.1. The SMILES string of the molecule is Cc1ccccc1NC(=O)N(CC(=O)N(Cc1ccc2c(c1)OCO2)Cc1sccc1C)C(C)C. The Labute approximate surface area is 210 Å². The minimum atomic E-state index is -0.294. The van der Waals surface area contributed by atoms with Crippen molar-refractivity contribution in [2.75, 3.05) is 18.7 Å². The first-order valence-electron chi connectivity index (χ1n) is 11.6. The van der Waals surface area contributed by atoms with E-state index in [4.69, 9.17) is 9.47 Å². The molecule has 0 radical (unpaired) electrons. The molecule has 0 bridgehead atoms. The normalized spacial score (nSPS) is 12.0. The fourth-order valence-corrected chi connectivity index (χ4v) is 4.79. The van der Waals surface area contributed by atoms with Gasteiger partial charge in [-0.1, -0.05) is 24.3 Å². The predicted octanol–water partition coefficient (Wildman–Crippen LogP) is 5.56. The second-order valence-corrected chi connectivity index (χ2v) is 9.93. The number of para-hydroxylation sites is 1. The van der Waals surface area contributed by atoms with Crippen LogP contribution in [0, 0.1) is 13.8 Å². The lowest BCUT2D eigenvalue weighted by Crippen LogP contribution is -2.47. The summed E-state index contributed by atoms with van der Waals surface area (Å²) >= 11 is 1.63. The first kappa shape index (κ1) is 24.6. The van der Waals surface area contributed by atoms with Crippen LogP contribution in [-0.2, 0) is 17.9 Å². The van der Waals surface area contributed by atoms with Crippen LogP contribution in [0.2, 0.25) is 0 Å². The Hall–Kier alpha value is -3.52. The highest BCUT2D eigenvalue weighted by atomic mass is 32.1. The molecule has 0 atom stereocenters. The molecule has 3 amide bonds. The van der Waals surface area contributed by atoms with E-state index in [1.165, 1.54) is 0 Å². The van der Waals surface area contributed by atoms with Crippen molar-refractivity contribution < 1.29 is 19.1 Å². The van der Waals surface area contributed by atoms with Gasteiger partial charge in [0.1, 0.15) is 6.54 Å². The molecule has 0 saturated carbocycles. The molecule has 1 aliphatic heterocycles. The van der Waals surface area contributed by atoms with Gasteiger partial charge in [0.25, 0.3) is 0 Å². The van der Waals surface area contributed by atoms with Crippen molar-refractivity contribution in [3.8, 4) is 11.5 Å². The van der Waals surface area contributed by atoms with Gasteiger partial charge in [0, 0.05) is 23.2 Å². The van der Waals surface area contributed by atoms with Gasteiger partial charge in [-0.15, -0.1) is 11.3 Å². The Morgan fingerprint density at radius 1 is 1.00 bits per heavy atom. The topological polar surface area (TPSA) is 71.1 Å². The molecule has 0 saturated heterocycles. The van der Waals surface area contributed by atoms with Crippen LogP contribution in [0.4, 0.5) is 10.5 Å². The monoisotopic (exact) mass is 493 g/mol. The third kappa shape index (κ3) is 5.95.